The molecule has 0 bridgehead atoms. The minimum atomic E-state index is -0.358. The highest BCUT2D eigenvalue weighted by atomic mass is 16.2. The number of aromatic amines is 1. The lowest BCUT2D eigenvalue weighted by molar-refractivity contribution is 0.0885. The Labute approximate surface area is 108 Å². The number of hydrogen-bond acceptors (Lipinski definition) is 4. The molecule has 0 saturated carbocycles. The van der Waals surface area contributed by atoms with Gasteiger partial charge in [-0.2, -0.15) is 0 Å². The van der Waals surface area contributed by atoms with Gasteiger partial charge in [-0.25, -0.2) is 4.98 Å². The molecule has 0 unspecified atom stereocenters. The number of hydrogen-bond donors (Lipinski definition) is 3. The molecule has 102 valence electrons. The maximum Gasteiger partial charge on any atom is 0.291 e. The molecule has 0 saturated heterocycles. The van der Waals surface area contributed by atoms with Crippen LogP contribution in [0.4, 0.5) is 0 Å². The summed E-state index contributed by atoms with van der Waals surface area (Å²) in [5, 5.41) is 9.65. The van der Waals surface area contributed by atoms with Gasteiger partial charge in [0.25, 0.3) is 5.91 Å². The molecule has 0 aromatic carbocycles. The highest BCUT2D eigenvalue weighted by Gasteiger charge is 2.28. The van der Waals surface area contributed by atoms with Gasteiger partial charge in [-0.3, -0.25) is 9.89 Å². The molecule has 1 rings (SSSR count). The summed E-state index contributed by atoms with van der Waals surface area (Å²) in [6.45, 7) is 6.49. The van der Waals surface area contributed by atoms with E-state index in [1.165, 1.54) is 0 Å². The van der Waals surface area contributed by atoms with Gasteiger partial charge >= 0.3 is 0 Å². The van der Waals surface area contributed by atoms with E-state index < -0.39 is 0 Å². The third-order valence-electron chi connectivity index (χ3n) is 3.34. The molecule has 1 heterocycles. The molecule has 1 aromatic rings. The predicted molar refractivity (Wildman–Crippen MR) is 70.2 cm³/mol. The van der Waals surface area contributed by atoms with E-state index >= 15 is 0 Å². The van der Waals surface area contributed by atoms with Crippen molar-refractivity contribution in [3.05, 3.63) is 11.6 Å². The monoisotopic (exact) mass is 253 g/mol. The molecule has 6 heteroatoms. The normalized spacial score (nSPS) is 11.6. The lowest BCUT2D eigenvalue weighted by Gasteiger charge is -2.30. The van der Waals surface area contributed by atoms with Gasteiger partial charge in [0.1, 0.15) is 5.82 Å². The summed E-state index contributed by atoms with van der Waals surface area (Å²) in [5.41, 5.74) is 5.39. The van der Waals surface area contributed by atoms with E-state index in [0.717, 1.165) is 31.5 Å². The lowest BCUT2D eigenvalue weighted by Crippen LogP contribution is -2.53. The SMILES string of the molecule is CCCc1nc(C(=O)NC(CC)(CC)CN)n[nH]1. The Bertz CT molecular complexity index is 375. The first kappa shape index (κ1) is 14.6. The van der Waals surface area contributed by atoms with Crippen LogP contribution in [0.1, 0.15) is 56.5 Å². The molecule has 4 N–H and O–H groups in total. The van der Waals surface area contributed by atoms with Gasteiger partial charge in [-0.05, 0) is 19.3 Å². The average Bonchev–Trinajstić information content (AvgIpc) is 2.85. The van der Waals surface area contributed by atoms with Crippen molar-refractivity contribution in [2.45, 2.75) is 52.0 Å². The number of carbonyl (C=O) groups excluding carboxylic acids is 1. The Morgan fingerprint density at radius 2 is 2.06 bits per heavy atom. The van der Waals surface area contributed by atoms with E-state index in [1.807, 2.05) is 13.8 Å². The van der Waals surface area contributed by atoms with E-state index in [9.17, 15) is 4.79 Å². The van der Waals surface area contributed by atoms with Crippen molar-refractivity contribution in [3.63, 3.8) is 0 Å². The third kappa shape index (κ3) is 3.29. The van der Waals surface area contributed by atoms with Gasteiger partial charge < -0.3 is 11.1 Å². The van der Waals surface area contributed by atoms with Crippen molar-refractivity contribution in [1.29, 1.82) is 0 Å². The van der Waals surface area contributed by atoms with Gasteiger partial charge in [0.2, 0.25) is 5.82 Å². The van der Waals surface area contributed by atoms with Crippen LogP contribution < -0.4 is 11.1 Å². The Balaban J connectivity index is 2.74. The maximum atomic E-state index is 12.0. The second-order valence-corrected chi connectivity index (χ2v) is 4.50. The van der Waals surface area contributed by atoms with Crippen LogP contribution in [0.3, 0.4) is 0 Å². The highest BCUT2D eigenvalue weighted by Crippen LogP contribution is 2.13. The van der Waals surface area contributed by atoms with E-state index in [4.69, 9.17) is 5.73 Å². The topological polar surface area (TPSA) is 96.7 Å². The Kier molecular flexibility index (Phi) is 5.27. The van der Waals surface area contributed by atoms with E-state index in [2.05, 4.69) is 27.4 Å². The number of nitrogens with two attached hydrogens (primary N) is 1. The first-order valence-electron chi connectivity index (χ1n) is 6.54. The first-order valence-corrected chi connectivity index (χ1v) is 6.54. The molecule has 18 heavy (non-hydrogen) atoms. The van der Waals surface area contributed by atoms with Crippen molar-refractivity contribution in [2.24, 2.45) is 5.73 Å². The zero-order valence-electron chi connectivity index (χ0n) is 11.4. The summed E-state index contributed by atoms with van der Waals surface area (Å²) < 4.78 is 0. The Morgan fingerprint density at radius 1 is 1.39 bits per heavy atom. The highest BCUT2D eigenvalue weighted by molar-refractivity contribution is 5.90. The van der Waals surface area contributed by atoms with Gasteiger partial charge in [0.05, 0.1) is 5.54 Å². The first-order chi connectivity index (χ1) is 8.60. The molecular weight excluding hydrogens is 230 g/mol. The van der Waals surface area contributed by atoms with E-state index in [-0.39, 0.29) is 17.3 Å². The number of amides is 1. The fourth-order valence-corrected chi connectivity index (χ4v) is 1.81. The van der Waals surface area contributed by atoms with Crippen molar-refractivity contribution in [2.75, 3.05) is 6.54 Å². The zero-order valence-corrected chi connectivity index (χ0v) is 11.4. The summed E-state index contributed by atoms with van der Waals surface area (Å²) in [5.74, 6) is 0.676. The number of rotatable bonds is 7. The number of carbonyl (C=O) groups is 1. The van der Waals surface area contributed by atoms with Crippen molar-refractivity contribution in [1.82, 2.24) is 20.5 Å². The summed E-state index contributed by atoms with van der Waals surface area (Å²) in [6, 6.07) is 0. The molecule has 1 aromatic heterocycles. The van der Waals surface area contributed by atoms with Crippen LogP contribution in [-0.4, -0.2) is 33.2 Å². The second-order valence-electron chi connectivity index (χ2n) is 4.50. The number of aryl methyl sites for hydroxylation is 1. The summed E-state index contributed by atoms with van der Waals surface area (Å²) in [7, 11) is 0. The standard InChI is InChI=1S/C12H23N5O/c1-4-7-9-14-10(17-16-9)11(18)15-12(5-2,6-3)8-13/h4-8,13H2,1-3H3,(H,15,18)(H,14,16,17). The smallest absolute Gasteiger partial charge is 0.291 e. The third-order valence-corrected chi connectivity index (χ3v) is 3.34. The van der Waals surface area contributed by atoms with Crippen molar-refractivity contribution in [3.8, 4) is 0 Å². The van der Waals surface area contributed by atoms with E-state index in [0.29, 0.717) is 6.54 Å². The largest absolute Gasteiger partial charge is 0.343 e. The van der Waals surface area contributed by atoms with Crippen LogP contribution in [0, 0.1) is 0 Å². The minimum Gasteiger partial charge on any atom is -0.343 e. The fourth-order valence-electron chi connectivity index (χ4n) is 1.81. The number of nitrogens with one attached hydrogen (secondary N) is 2. The predicted octanol–water partition coefficient (Wildman–Crippen LogP) is 1.00. The quantitative estimate of drug-likeness (QED) is 0.675. The molecule has 0 radical (unpaired) electrons. The molecular formula is C12H23N5O. The number of nitrogens with zero attached hydrogens (tertiary/aromatic N) is 2. The van der Waals surface area contributed by atoms with Crippen LogP contribution in [-0.2, 0) is 6.42 Å². The van der Waals surface area contributed by atoms with Gasteiger partial charge in [0, 0.05) is 13.0 Å². The Hall–Kier alpha value is -1.43. The van der Waals surface area contributed by atoms with Gasteiger partial charge in [0.15, 0.2) is 0 Å². The number of aromatic nitrogens is 3. The number of H-pyrrole nitrogens is 1. The second kappa shape index (κ2) is 6.49. The zero-order chi connectivity index (χ0) is 13.6. The minimum absolute atomic E-state index is 0.193. The maximum absolute atomic E-state index is 12.0. The summed E-state index contributed by atoms with van der Waals surface area (Å²) >= 11 is 0. The van der Waals surface area contributed by atoms with E-state index in [1.54, 1.807) is 0 Å². The average molecular weight is 253 g/mol. The molecule has 0 aliphatic carbocycles. The summed E-state index contributed by atoms with van der Waals surface area (Å²) in [6.07, 6.45) is 3.34. The fraction of sp³-hybridized carbons (Fsp3) is 0.750. The van der Waals surface area contributed by atoms with Crippen molar-refractivity contribution >= 4 is 5.91 Å². The van der Waals surface area contributed by atoms with Crippen LogP contribution in [0.25, 0.3) is 0 Å². The van der Waals surface area contributed by atoms with Crippen molar-refractivity contribution < 1.29 is 4.79 Å². The molecule has 0 atom stereocenters. The van der Waals surface area contributed by atoms with Gasteiger partial charge in [-0.15, -0.1) is 5.10 Å². The molecule has 0 spiro atoms. The summed E-state index contributed by atoms with van der Waals surface area (Å²) in [4.78, 5) is 16.2. The molecule has 0 aliphatic rings. The van der Waals surface area contributed by atoms with Crippen LogP contribution in [0.5, 0.6) is 0 Å². The van der Waals surface area contributed by atoms with Crippen LogP contribution in [0.15, 0.2) is 0 Å². The Morgan fingerprint density at radius 3 is 2.56 bits per heavy atom. The van der Waals surface area contributed by atoms with Crippen LogP contribution in [0.2, 0.25) is 0 Å². The van der Waals surface area contributed by atoms with Gasteiger partial charge in [-0.1, -0.05) is 20.8 Å². The molecule has 6 nitrogen and oxygen atoms in total. The molecule has 0 aliphatic heterocycles. The van der Waals surface area contributed by atoms with Crippen LogP contribution >= 0.6 is 0 Å². The molecule has 1 amide bonds. The lowest BCUT2D eigenvalue weighted by atomic mass is 9.93. The molecule has 0 fully saturated rings.